The van der Waals surface area contributed by atoms with Crippen molar-refractivity contribution in [1.29, 1.82) is 0 Å². The fraction of sp³-hybridized carbons (Fsp3) is 0.316. The van der Waals surface area contributed by atoms with E-state index >= 15 is 0 Å². The van der Waals surface area contributed by atoms with E-state index in [0.717, 1.165) is 27.2 Å². The maximum Gasteiger partial charge on any atom is 0.348 e. The lowest BCUT2D eigenvalue weighted by molar-refractivity contribution is 0.0531. The van der Waals surface area contributed by atoms with Crippen LogP contribution in [0, 0.1) is 13.8 Å². The molecule has 0 unspecified atom stereocenters. The Bertz CT molecular complexity index is 1040. The molecule has 0 spiro atoms. The van der Waals surface area contributed by atoms with Gasteiger partial charge in [-0.1, -0.05) is 0 Å². The number of thiophene rings is 1. The maximum absolute atomic E-state index is 12.2. The summed E-state index contributed by atoms with van der Waals surface area (Å²) >= 11 is 1.32. The monoisotopic (exact) mass is 421 g/mol. The predicted octanol–water partition coefficient (Wildman–Crippen LogP) is 4.42. The molecule has 1 aliphatic rings. The van der Waals surface area contributed by atoms with Gasteiger partial charge in [0, 0.05) is 11.8 Å². The van der Waals surface area contributed by atoms with Crippen molar-refractivity contribution >= 4 is 51.4 Å². The highest BCUT2D eigenvalue weighted by atomic mass is 35.5. The zero-order valence-electron chi connectivity index (χ0n) is 15.7. The summed E-state index contributed by atoms with van der Waals surface area (Å²) < 4.78 is 16.4. The third kappa shape index (κ3) is 3.70. The number of aromatic nitrogens is 2. The first-order chi connectivity index (χ1) is 13.1. The van der Waals surface area contributed by atoms with Crippen LogP contribution in [0.25, 0.3) is 10.2 Å². The normalized spacial score (nSPS) is 12.4. The molecule has 3 aromatic rings. The second-order valence-electron chi connectivity index (χ2n) is 6.06. The number of hydrogen-bond acceptors (Lipinski definition) is 8. The number of esters is 1. The highest BCUT2D eigenvalue weighted by Crippen LogP contribution is 2.37. The summed E-state index contributed by atoms with van der Waals surface area (Å²) in [6, 6.07) is 5.66. The van der Waals surface area contributed by atoms with Crippen molar-refractivity contribution in [3.8, 4) is 11.5 Å². The molecule has 9 heteroatoms. The number of halogens is 1. The quantitative estimate of drug-likeness (QED) is 0.624. The SMILES string of the molecule is CCOC(=O)c1sc2nc(C)nc(Nc3ccc4c(c3)OCCO4)c2c1C.Cl. The van der Waals surface area contributed by atoms with Gasteiger partial charge in [0.05, 0.1) is 12.0 Å². The Morgan fingerprint density at radius 3 is 2.71 bits per heavy atom. The Morgan fingerprint density at radius 1 is 1.21 bits per heavy atom. The molecular formula is C19H20ClN3O4S. The van der Waals surface area contributed by atoms with Crippen LogP contribution in [0.2, 0.25) is 0 Å². The van der Waals surface area contributed by atoms with Crippen LogP contribution in [-0.2, 0) is 4.74 Å². The molecule has 2 aromatic heterocycles. The molecule has 0 saturated carbocycles. The van der Waals surface area contributed by atoms with Crippen LogP contribution < -0.4 is 14.8 Å². The van der Waals surface area contributed by atoms with Gasteiger partial charge in [-0.2, -0.15) is 0 Å². The summed E-state index contributed by atoms with van der Waals surface area (Å²) in [5, 5.41) is 4.15. The Morgan fingerprint density at radius 2 is 1.96 bits per heavy atom. The van der Waals surface area contributed by atoms with Gasteiger partial charge in [0.25, 0.3) is 0 Å². The van der Waals surface area contributed by atoms with E-state index in [9.17, 15) is 4.79 Å². The summed E-state index contributed by atoms with van der Waals surface area (Å²) in [6.07, 6.45) is 0. The van der Waals surface area contributed by atoms with Gasteiger partial charge < -0.3 is 19.5 Å². The van der Waals surface area contributed by atoms with Crippen molar-refractivity contribution in [2.45, 2.75) is 20.8 Å². The Hall–Kier alpha value is -2.58. The van der Waals surface area contributed by atoms with Gasteiger partial charge in [0.2, 0.25) is 0 Å². The molecule has 0 atom stereocenters. The number of carbonyl (C=O) groups excluding carboxylic acids is 1. The average molecular weight is 422 g/mol. The molecule has 0 fully saturated rings. The van der Waals surface area contributed by atoms with E-state index in [2.05, 4.69) is 15.3 Å². The number of hydrogen-bond donors (Lipinski definition) is 1. The van der Waals surface area contributed by atoms with Gasteiger partial charge >= 0.3 is 5.97 Å². The molecule has 0 aliphatic carbocycles. The number of carbonyl (C=O) groups is 1. The first kappa shape index (κ1) is 20.2. The van der Waals surface area contributed by atoms with Gasteiger partial charge in [0.15, 0.2) is 11.5 Å². The van der Waals surface area contributed by atoms with Crippen LogP contribution in [0.1, 0.15) is 28.0 Å². The van der Waals surface area contributed by atoms with E-state index in [1.165, 1.54) is 11.3 Å². The summed E-state index contributed by atoms with van der Waals surface area (Å²) in [5.41, 5.74) is 1.63. The number of nitrogens with zero attached hydrogens (tertiary/aromatic N) is 2. The Balaban J connectivity index is 0.00000225. The molecular weight excluding hydrogens is 402 g/mol. The molecule has 0 bridgehead atoms. The smallest absolute Gasteiger partial charge is 0.348 e. The predicted molar refractivity (Wildman–Crippen MR) is 111 cm³/mol. The fourth-order valence-corrected chi connectivity index (χ4v) is 4.11. The van der Waals surface area contributed by atoms with Crippen LogP contribution in [0.3, 0.4) is 0 Å². The van der Waals surface area contributed by atoms with E-state index in [1.54, 1.807) is 6.92 Å². The van der Waals surface area contributed by atoms with Crippen molar-refractivity contribution in [1.82, 2.24) is 9.97 Å². The van der Waals surface area contributed by atoms with Gasteiger partial charge in [0.1, 0.15) is 34.6 Å². The minimum atomic E-state index is -0.332. The molecule has 1 aromatic carbocycles. The molecule has 4 rings (SSSR count). The van der Waals surface area contributed by atoms with E-state index < -0.39 is 0 Å². The molecule has 3 heterocycles. The van der Waals surface area contributed by atoms with E-state index in [1.807, 2.05) is 32.0 Å². The number of benzene rings is 1. The van der Waals surface area contributed by atoms with E-state index in [-0.39, 0.29) is 18.4 Å². The minimum Gasteiger partial charge on any atom is -0.486 e. The van der Waals surface area contributed by atoms with Crippen LogP contribution in [-0.4, -0.2) is 35.8 Å². The van der Waals surface area contributed by atoms with Crippen LogP contribution in [0.4, 0.5) is 11.5 Å². The van der Waals surface area contributed by atoms with E-state index in [4.69, 9.17) is 14.2 Å². The molecule has 1 N–H and O–H groups in total. The molecule has 0 amide bonds. The number of anilines is 2. The highest BCUT2D eigenvalue weighted by molar-refractivity contribution is 7.20. The van der Waals surface area contributed by atoms with Crippen molar-refractivity contribution < 1.29 is 19.0 Å². The van der Waals surface area contributed by atoms with Gasteiger partial charge in [-0.15, -0.1) is 23.7 Å². The maximum atomic E-state index is 12.2. The fourth-order valence-electron chi connectivity index (χ4n) is 2.99. The van der Waals surface area contributed by atoms with Gasteiger partial charge in [-0.05, 0) is 38.5 Å². The first-order valence-electron chi connectivity index (χ1n) is 8.68. The third-order valence-corrected chi connectivity index (χ3v) is 5.33. The number of nitrogens with one attached hydrogen (secondary N) is 1. The largest absolute Gasteiger partial charge is 0.486 e. The molecule has 0 saturated heterocycles. The number of ether oxygens (including phenoxy) is 3. The van der Waals surface area contributed by atoms with Crippen LogP contribution in [0.15, 0.2) is 18.2 Å². The van der Waals surface area contributed by atoms with Crippen molar-refractivity contribution in [3.05, 3.63) is 34.5 Å². The van der Waals surface area contributed by atoms with Gasteiger partial charge in [-0.25, -0.2) is 14.8 Å². The zero-order chi connectivity index (χ0) is 19.0. The van der Waals surface area contributed by atoms with Crippen LogP contribution >= 0.6 is 23.7 Å². The zero-order valence-corrected chi connectivity index (χ0v) is 17.3. The number of fused-ring (bicyclic) bond motifs is 2. The summed E-state index contributed by atoms with van der Waals surface area (Å²) in [4.78, 5) is 22.6. The number of aryl methyl sites for hydroxylation is 2. The summed E-state index contributed by atoms with van der Waals surface area (Å²) in [5.74, 6) is 2.37. The van der Waals surface area contributed by atoms with Crippen molar-refractivity contribution in [2.75, 3.05) is 25.1 Å². The third-order valence-electron chi connectivity index (χ3n) is 4.17. The van der Waals surface area contributed by atoms with Gasteiger partial charge in [-0.3, -0.25) is 0 Å². The lowest BCUT2D eigenvalue weighted by Gasteiger charge is -2.19. The van der Waals surface area contributed by atoms with E-state index in [0.29, 0.717) is 42.1 Å². The molecule has 1 aliphatic heterocycles. The standard InChI is InChI=1S/C19H19N3O4S.ClH/c1-4-24-19(23)16-10(2)15-17(20-11(3)21-18(15)27-16)22-12-5-6-13-14(9-12)26-8-7-25-13;/h5-6,9H,4,7-8H2,1-3H3,(H,20,21,22);1H. The lowest BCUT2D eigenvalue weighted by Crippen LogP contribution is -2.15. The highest BCUT2D eigenvalue weighted by Gasteiger charge is 2.21. The summed E-state index contributed by atoms with van der Waals surface area (Å²) in [6.45, 7) is 6.92. The Kier molecular flexibility index (Phi) is 5.90. The Labute approximate surface area is 172 Å². The lowest BCUT2D eigenvalue weighted by atomic mass is 10.2. The first-order valence-corrected chi connectivity index (χ1v) is 9.50. The molecule has 28 heavy (non-hydrogen) atoms. The second kappa shape index (κ2) is 8.20. The van der Waals surface area contributed by atoms with Crippen molar-refractivity contribution in [3.63, 3.8) is 0 Å². The second-order valence-corrected chi connectivity index (χ2v) is 7.06. The average Bonchev–Trinajstić information content (AvgIpc) is 2.98. The molecule has 7 nitrogen and oxygen atoms in total. The topological polar surface area (TPSA) is 82.6 Å². The van der Waals surface area contributed by atoms with Crippen molar-refractivity contribution in [2.24, 2.45) is 0 Å². The molecule has 0 radical (unpaired) electrons. The molecule has 148 valence electrons. The van der Waals surface area contributed by atoms with Crippen LogP contribution in [0.5, 0.6) is 11.5 Å². The summed E-state index contributed by atoms with van der Waals surface area (Å²) in [7, 11) is 0. The number of rotatable bonds is 4. The minimum absolute atomic E-state index is 0.